The first kappa shape index (κ1) is 13.5. The van der Waals surface area contributed by atoms with E-state index in [1.165, 1.54) is 12.1 Å². The Labute approximate surface area is 101 Å². The topological polar surface area (TPSA) is 40.5 Å². The largest absolute Gasteiger partial charge is 0.507 e. The van der Waals surface area contributed by atoms with Crippen LogP contribution in [0.4, 0.5) is 4.39 Å². The minimum absolute atomic E-state index is 0.0203. The quantitative estimate of drug-likeness (QED) is 0.881. The van der Waals surface area contributed by atoms with E-state index in [1.807, 2.05) is 27.7 Å². The van der Waals surface area contributed by atoms with Crippen molar-refractivity contribution < 1.29 is 14.3 Å². The van der Waals surface area contributed by atoms with E-state index >= 15 is 0 Å². The Balaban J connectivity index is 3.10. The molecule has 3 nitrogen and oxygen atoms in total. The van der Waals surface area contributed by atoms with Crippen molar-refractivity contribution in [1.29, 1.82) is 0 Å². The summed E-state index contributed by atoms with van der Waals surface area (Å²) in [6.45, 7) is 7.61. The number of phenolic OH excluding ortho intramolecular Hbond substituents is 1. The lowest BCUT2D eigenvalue weighted by Crippen LogP contribution is -2.42. The molecule has 0 aliphatic heterocycles. The van der Waals surface area contributed by atoms with Gasteiger partial charge in [-0.2, -0.15) is 0 Å². The predicted octanol–water partition coefficient (Wildman–Crippen LogP) is 2.79. The minimum atomic E-state index is -0.556. The first-order valence-electron chi connectivity index (χ1n) is 5.65. The number of benzene rings is 1. The summed E-state index contributed by atoms with van der Waals surface area (Å²) in [5.74, 6) is -1.16. The molecule has 0 atom stereocenters. The zero-order valence-electron chi connectivity index (χ0n) is 10.6. The summed E-state index contributed by atoms with van der Waals surface area (Å²) in [5.41, 5.74) is 0.133. The Morgan fingerprint density at radius 1 is 1.24 bits per heavy atom. The van der Waals surface area contributed by atoms with Crippen LogP contribution in [-0.2, 0) is 0 Å². The van der Waals surface area contributed by atoms with E-state index in [0.717, 1.165) is 6.07 Å². The lowest BCUT2D eigenvalue weighted by atomic mass is 10.1. The molecule has 1 aromatic carbocycles. The molecule has 94 valence electrons. The second kappa shape index (κ2) is 5.17. The summed E-state index contributed by atoms with van der Waals surface area (Å²) in [5, 5.41) is 9.59. The number of hydrogen-bond donors (Lipinski definition) is 1. The lowest BCUT2D eigenvalue weighted by molar-refractivity contribution is 0.0640. The van der Waals surface area contributed by atoms with E-state index in [0.29, 0.717) is 0 Å². The van der Waals surface area contributed by atoms with Crippen LogP contribution in [0.1, 0.15) is 38.1 Å². The third-order valence-electron chi connectivity index (χ3n) is 2.54. The van der Waals surface area contributed by atoms with Gasteiger partial charge >= 0.3 is 0 Å². The monoisotopic (exact) mass is 239 g/mol. The van der Waals surface area contributed by atoms with E-state index in [2.05, 4.69) is 0 Å². The van der Waals surface area contributed by atoms with Gasteiger partial charge in [-0.25, -0.2) is 4.39 Å². The van der Waals surface area contributed by atoms with Crippen LogP contribution in [0.3, 0.4) is 0 Å². The zero-order chi connectivity index (χ0) is 13.2. The summed E-state index contributed by atoms with van der Waals surface area (Å²) in [7, 11) is 0. The molecule has 0 spiro atoms. The first-order chi connectivity index (χ1) is 7.84. The highest BCUT2D eigenvalue weighted by Gasteiger charge is 2.23. The second-order valence-electron chi connectivity index (χ2n) is 4.56. The summed E-state index contributed by atoms with van der Waals surface area (Å²) in [6.07, 6.45) is 0. The highest BCUT2D eigenvalue weighted by molar-refractivity contribution is 5.97. The molecule has 0 fully saturated rings. The van der Waals surface area contributed by atoms with Crippen LogP contribution in [0, 0.1) is 5.82 Å². The van der Waals surface area contributed by atoms with Crippen LogP contribution in [0.15, 0.2) is 18.2 Å². The Kier molecular flexibility index (Phi) is 4.10. The highest BCUT2D eigenvalue weighted by atomic mass is 19.1. The summed E-state index contributed by atoms with van der Waals surface area (Å²) < 4.78 is 12.8. The van der Waals surface area contributed by atoms with Crippen LogP contribution >= 0.6 is 0 Å². The summed E-state index contributed by atoms with van der Waals surface area (Å²) >= 11 is 0. The number of phenols is 1. The number of amides is 1. The number of aromatic hydroxyl groups is 1. The van der Waals surface area contributed by atoms with Gasteiger partial charge in [0.1, 0.15) is 11.6 Å². The molecule has 0 aliphatic carbocycles. The predicted molar refractivity (Wildman–Crippen MR) is 64.5 cm³/mol. The number of nitrogens with zero attached hydrogens (tertiary/aromatic N) is 1. The van der Waals surface area contributed by atoms with Gasteiger partial charge in [0, 0.05) is 18.2 Å². The van der Waals surface area contributed by atoms with Crippen LogP contribution in [-0.4, -0.2) is 28.0 Å². The van der Waals surface area contributed by atoms with Crippen molar-refractivity contribution in [3.8, 4) is 5.75 Å². The molecule has 0 unspecified atom stereocenters. The van der Waals surface area contributed by atoms with Crippen molar-refractivity contribution in [3.05, 3.63) is 29.6 Å². The molecule has 17 heavy (non-hydrogen) atoms. The summed E-state index contributed by atoms with van der Waals surface area (Å²) in [6, 6.07) is 3.47. The van der Waals surface area contributed by atoms with Gasteiger partial charge in [0.15, 0.2) is 0 Å². The molecular weight excluding hydrogens is 221 g/mol. The zero-order valence-corrected chi connectivity index (χ0v) is 10.6. The van der Waals surface area contributed by atoms with Gasteiger partial charge in [-0.15, -0.1) is 0 Å². The highest BCUT2D eigenvalue weighted by Crippen LogP contribution is 2.22. The molecule has 0 heterocycles. The van der Waals surface area contributed by atoms with Crippen LogP contribution in [0.5, 0.6) is 5.75 Å². The normalized spacial score (nSPS) is 11.0. The molecule has 1 N–H and O–H groups in total. The van der Waals surface area contributed by atoms with E-state index in [9.17, 15) is 14.3 Å². The molecule has 4 heteroatoms. The standard InChI is InChI=1S/C13H18FNO2/c1-8(2)15(9(3)4)13(17)11-6-5-10(14)7-12(11)16/h5-9,16H,1-4H3. The van der Waals surface area contributed by atoms with Gasteiger partial charge in [-0.1, -0.05) is 0 Å². The summed E-state index contributed by atoms with van der Waals surface area (Å²) in [4.78, 5) is 13.8. The van der Waals surface area contributed by atoms with Crippen molar-refractivity contribution >= 4 is 5.91 Å². The molecule has 0 aromatic heterocycles. The first-order valence-corrected chi connectivity index (χ1v) is 5.65. The maximum Gasteiger partial charge on any atom is 0.258 e. The Hall–Kier alpha value is -1.58. The van der Waals surface area contributed by atoms with Crippen molar-refractivity contribution in [1.82, 2.24) is 4.90 Å². The average molecular weight is 239 g/mol. The number of carbonyl (C=O) groups excluding carboxylic acids is 1. The molecule has 1 aromatic rings. The Bertz CT molecular complexity index is 408. The molecule has 0 aliphatic rings. The smallest absolute Gasteiger partial charge is 0.258 e. The lowest BCUT2D eigenvalue weighted by Gasteiger charge is -2.31. The fourth-order valence-corrected chi connectivity index (χ4v) is 1.89. The maximum atomic E-state index is 12.8. The number of carbonyl (C=O) groups is 1. The van der Waals surface area contributed by atoms with Gasteiger partial charge in [-0.3, -0.25) is 4.79 Å². The van der Waals surface area contributed by atoms with E-state index < -0.39 is 5.82 Å². The fourth-order valence-electron chi connectivity index (χ4n) is 1.89. The SMILES string of the molecule is CC(C)N(C(=O)c1ccc(F)cc1O)C(C)C. The van der Waals surface area contributed by atoms with Gasteiger partial charge in [-0.05, 0) is 39.8 Å². The molecular formula is C13H18FNO2. The van der Waals surface area contributed by atoms with E-state index in [-0.39, 0.29) is 29.3 Å². The Morgan fingerprint density at radius 3 is 2.18 bits per heavy atom. The van der Waals surface area contributed by atoms with Crippen molar-refractivity contribution in [3.63, 3.8) is 0 Å². The van der Waals surface area contributed by atoms with Gasteiger partial charge in [0.25, 0.3) is 5.91 Å². The van der Waals surface area contributed by atoms with Crippen LogP contribution < -0.4 is 0 Å². The molecule has 0 radical (unpaired) electrons. The van der Waals surface area contributed by atoms with Crippen molar-refractivity contribution in [2.24, 2.45) is 0 Å². The van der Waals surface area contributed by atoms with Gasteiger partial charge in [0.05, 0.1) is 5.56 Å². The Morgan fingerprint density at radius 2 is 1.76 bits per heavy atom. The van der Waals surface area contributed by atoms with Gasteiger partial charge < -0.3 is 10.0 Å². The molecule has 0 bridgehead atoms. The molecule has 1 rings (SSSR count). The average Bonchev–Trinajstić information content (AvgIpc) is 2.15. The molecule has 1 amide bonds. The van der Waals surface area contributed by atoms with Crippen molar-refractivity contribution in [2.45, 2.75) is 39.8 Å². The fraction of sp³-hybridized carbons (Fsp3) is 0.462. The van der Waals surface area contributed by atoms with Crippen LogP contribution in [0.2, 0.25) is 0 Å². The van der Waals surface area contributed by atoms with E-state index in [1.54, 1.807) is 4.90 Å². The third-order valence-corrected chi connectivity index (χ3v) is 2.54. The molecule has 0 saturated heterocycles. The number of rotatable bonds is 3. The second-order valence-corrected chi connectivity index (χ2v) is 4.56. The number of halogens is 1. The maximum absolute atomic E-state index is 12.8. The number of hydrogen-bond acceptors (Lipinski definition) is 2. The van der Waals surface area contributed by atoms with E-state index in [4.69, 9.17) is 0 Å². The third kappa shape index (κ3) is 2.96. The molecule has 0 saturated carbocycles. The van der Waals surface area contributed by atoms with Crippen molar-refractivity contribution in [2.75, 3.05) is 0 Å². The minimum Gasteiger partial charge on any atom is -0.507 e. The van der Waals surface area contributed by atoms with Crippen LogP contribution in [0.25, 0.3) is 0 Å². The van der Waals surface area contributed by atoms with Gasteiger partial charge in [0.2, 0.25) is 0 Å².